The molecule has 1 spiro atoms. The highest BCUT2D eigenvalue weighted by molar-refractivity contribution is 5.80. The second-order valence-corrected chi connectivity index (χ2v) is 11.7. The van der Waals surface area contributed by atoms with Gasteiger partial charge in [0.05, 0.1) is 11.6 Å². The Kier molecular flexibility index (Phi) is 6.83. The van der Waals surface area contributed by atoms with Crippen LogP contribution in [0.25, 0.3) is 0 Å². The van der Waals surface area contributed by atoms with Crippen molar-refractivity contribution < 1.29 is 14.7 Å². The van der Waals surface area contributed by atoms with Gasteiger partial charge in [0.15, 0.2) is 0 Å². The van der Waals surface area contributed by atoms with E-state index in [1.54, 1.807) is 4.90 Å². The van der Waals surface area contributed by atoms with E-state index in [2.05, 4.69) is 54.2 Å². The number of nitrogens with zero attached hydrogens (tertiary/aromatic N) is 4. The Morgan fingerprint density at radius 1 is 1.09 bits per heavy atom. The zero-order valence-corrected chi connectivity index (χ0v) is 21.5. The van der Waals surface area contributed by atoms with Crippen LogP contribution in [0.2, 0.25) is 0 Å². The highest BCUT2D eigenvalue weighted by Crippen LogP contribution is 2.49. The van der Waals surface area contributed by atoms with Crippen molar-refractivity contribution >= 4 is 11.9 Å². The van der Waals surface area contributed by atoms with E-state index in [0.717, 1.165) is 38.8 Å². The number of carbonyl (C=O) groups is 2. The fraction of sp³-hybridized carbons (Fsp3) is 0.714. The first-order valence-corrected chi connectivity index (χ1v) is 13.6. The highest BCUT2D eigenvalue weighted by atomic mass is 16.3. The number of aliphatic hydroxyl groups excluding tert-OH is 1. The summed E-state index contributed by atoms with van der Waals surface area (Å²) in [6.45, 7) is 3.12. The summed E-state index contributed by atoms with van der Waals surface area (Å²) in [4.78, 5) is 34.7. The minimum atomic E-state index is -0.405. The second-order valence-electron chi connectivity index (χ2n) is 11.7. The van der Waals surface area contributed by atoms with Crippen molar-refractivity contribution in [3.05, 3.63) is 35.9 Å². The van der Waals surface area contributed by atoms with Crippen molar-refractivity contribution in [2.75, 3.05) is 46.8 Å². The smallest absolute Gasteiger partial charge is 0.320 e. The molecule has 2 saturated carbocycles. The topological polar surface area (TPSA) is 67.3 Å². The molecule has 7 heteroatoms. The lowest BCUT2D eigenvalue weighted by atomic mass is 9.68. The van der Waals surface area contributed by atoms with Crippen molar-refractivity contribution in [3.63, 3.8) is 0 Å². The van der Waals surface area contributed by atoms with Gasteiger partial charge in [0, 0.05) is 44.7 Å². The maximum atomic E-state index is 13.7. The SMILES string of the molecule is CN(C)[C@]1(c2ccccc2)CC[C@]2(CC1)CN(CCC(=O)N1CC[C@H](O)C1)C(=O)N2CC1CCC1. The molecule has 2 saturated heterocycles. The van der Waals surface area contributed by atoms with Gasteiger partial charge in [-0.3, -0.25) is 9.69 Å². The number of benzene rings is 1. The molecule has 7 nitrogen and oxygen atoms in total. The first-order chi connectivity index (χ1) is 16.8. The zero-order valence-electron chi connectivity index (χ0n) is 21.5. The molecule has 3 amide bonds. The van der Waals surface area contributed by atoms with Crippen LogP contribution in [0.1, 0.15) is 63.4 Å². The van der Waals surface area contributed by atoms with Crippen molar-refractivity contribution in [2.24, 2.45) is 5.92 Å². The molecule has 4 aliphatic rings. The molecule has 35 heavy (non-hydrogen) atoms. The van der Waals surface area contributed by atoms with E-state index in [-0.39, 0.29) is 23.0 Å². The van der Waals surface area contributed by atoms with Crippen molar-refractivity contribution in [1.82, 2.24) is 19.6 Å². The lowest BCUT2D eigenvalue weighted by Gasteiger charge is -2.51. The molecule has 5 rings (SSSR count). The summed E-state index contributed by atoms with van der Waals surface area (Å²) in [5.41, 5.74) is 1.23. The maximum Gasteiger partial charge on any atom is 0.320 e. The summed E-state index contributed by atoms with van der Waals surface area (Å²) in [6, 6.07) is 11.0. The van der Waals surface area contributed by atoms with E-state index in [1.807, 2.05) is 4.90 Å². The molecule has 0 bridgehead atoms. The lowest BCUT2D eigenvalue weighted by Crippen LogP contribution is -2.56. The normalized spacial score (nSPS) is 31.6. The van der Waals surface area contributed by atoms with E-state index < -0.39 is 6.10 Å². The Morgan fingerprint density at radius 2 is 1.80 bits per heavy atom. The number of likely N-dealkylation sites (tertiary alicyclic amines) is 1. The van der Waals surface area contributed by atoms with Gasteiger partial charge in [0.1, 0.15) is 0 Å². The van der Waals surface area contributed by atoms with E-state index in [0.29, 0.717) is 38.4 Å². The summed E-state index contributed by atoms with van der Waals surface area (Å²) >= 11 is 0. The molecule has 2 aliphatic heterocycles. The Hall–Kier alpha value is -2.12. The van der Waals surface area contributed by atoms with Crippen LogP contribution in [0.15, 0.2) is 30.3 Å². The van der Waals surface area contributed by atoms with E-state index in [9.17, 15) is 14.7 Å². The number of β-amino-alcohol motifs (C(OH)–C–C–N with tert-alkyl or cyclic N) is 1. The van der Waals surface area contributed by atoms with Crippen molar-refractivity contribution in [3.8, 4) is 0 Å². The summed E-state index contributed by atoms with van der Waals surface area (Å²) in [5.74, 6) is 0.679. The molecule has 2 heterocycles. The molecule has 0 unspecified atom stereocenters. The third-order valence-corrected chi connectivity index (χ3v) is 9.51. The number of hydrogen-bond donors (Lipinski definition) is 1. The van der Waals surface area contributed by atoms with Gasteiger partial charge in [-0.15, -0.1) is 0 Å². The summed E-state index contributed by atoms with van der Waals surface area (Å²) in [6.07, 6.45) is 8.34. The molecule has 2 aliphatic carbocycles. The molecular formula is C28H42N4O3. The number of amides is 3. The van der Waals surface area contributed by atoms with Crippen LogP contribution in [-0.2, 0) is 10.3 Å². The summed E-state index contributed by atoms with van der Waals surface area (Å²) in [5, 5.41) is 9.78. The van der Waals surface area contributed by atoms with E-state index in [4.69, 9.17) is 0 Å². The Labute approximate surface area is 210 Å². The Balaban J connectivity index is 1.31. The van der Waals surface area contributed by atoms with Gasteiger partial charge in [-0.1, -0.05) is 36.8 Å². The van der Waals surface area contributed by atoms with Gasteiger partial charge in [0.25, 0.3) is 0 Å². The van der Waals surface area contributed by atoms with Crippen LogP contribution < -0.4 is 0 Å². The van der Waals surface area contributed by atoms with Gasteiger partial charge in [-0.05, 0) is 70.5 Å². The van der Waals surface area contributed by atoms with Gasteiger partial charge in [0.2, 0.25) is 5.91 Å². The average Bonchev–Trinajstić information content (AvgIpc) is 3.37. The Bertz CT molecular complexity index is 908. The minimum absolute atomic E-state index is 0.00231. The number of rotatable bonds is 7. The predicted octanol–water partition coefficient (Wildman–Crippen LogP) is 3.28. The molecule has 1 atom stereocenters. The first kappa shape index (κ1) is 24.6. The van der Waals surface area contributed by atoms with Gasteiger partial charge in [-0.25, -0.2) is 4.79 Å². The van der Waals surface area contributed by atoms with E-state index >= 15 is 0 Å². The summed E-state index contributed by atoms with van der Waals surface area (Å²) < 4.78 is 0. The standard InChI is InChI=1S/C28H42N4O3/c1-29(2)28(23-9-4-3-5-10-23)15-13-27(14-16-28)21-31(26(35)32(27)19-22-7-6-8-22)18-12-25(34)30-17-11-24(33)20-30/h3-5,9-10,22,24,33H,6-8,11-21H2,1-2H3/t24-,27-,28+/m0/s1. The van der Waals surface area contributed by atoms with Crippen molar-refractivity contribution in [1.29, 1.82) is 0 Å². The molecule has 1 N–H and O–H groups in total. The molecule has 0 radical (unpaired) electrons. The highest BCUT2D eigenvalue weighted by Gasteiger charge is 2.54. The largest absolute Gasteiger partial charge is 0.391 e. The molecule has 1 aromatic carbocycles. The fourth-order valence-electron chi connectivity index (χ4n) is 6.92. The minimum Gasteiger partial charge on any atom is -0.391 e. The molecular weight excluding hydrogens is 440 g/mol. The van der Waals surface area contributed by atoms with Crippen LogP contribution >= 0.6 is 0 Å². The molecule has 0 aromatic heterocycles. The van der Waals surface area contributed by atoms with Crippen LogP contribution in [0.3, 0.4) is 0 Å². The summed E-state index contributed by atoms with van der Waals surface area (Å²) in [7, 11) is 4.37. The fourth-order valence-corrected chi connectivity index (χ4v) is 6.92. The van der Waals surface area contributed by atoms with Gasteiger partial charge in [-0.2, -0.15) is 0 Å². The predicted molar refractivity (Wildman–Crippen MR) is 136 cm³/mol. The number of hydrogen-bond acceptors (Lipinski definition) is 4. The number of carbonyl (C=O) groups excluding carboxylic acids is 2. The third-order valence-electron chi connectivity index (χ3n) is 9.51. The molecule has 4 fully saturated rings. The van der Waals surface area contributed by atoms with Crippen molar-refractivity contribution in [2.45, 2.75) is 75.0 Å². The number of aliphatic hydroxyl groups is 1. The second kappa shape index (κ2) is 9.74. The van der Waals surface area contributed by atoms with Crippen LogP contribution in [0.4, 0.5) is 4.79 Å². The quantitative estimate of drug-likeness (QED) is 0.648. The first-order valence-electron chi connectivity index (χ1n) is 13.6. The molecule has 1 aromatic rings. The van der Waals surface area contributed by atoms with Crippen LogP contribution in [0, 0.1) is 5.92 Å². The monoisotopic (exact) mass is 482 g/mol. The zero-order chi connectivity index (χ0) is 24.6. The van der Waals surface area contributed by atoms with Crippen LogP contribution in [-0.4, -0.2) is 95.1 Å². The molecule has 192 valence electrons. The maximum absolute atomic E-state index is 13.7. The van der Waals surface area contributed by atoms with Crippen LogP contribution in [0.5, 0.6) is 0 Å². The third kappa shape index (κ3) is 4.57. The van der Waals surface area contributed by atoms with Gasteiger partial charge >= 0.3 is 6.03 Å². The van der Waals surface area contributed by atoms with E-state index in [1.165, 1.54) is 24.8 Å². The average molecular weight is 483 g/mol. The number of urea groups is 1. The van der Waals surface area contributed by atoms with Gasteiger partial charge < -0.3 is 19.8 Å². The lowest BCUT2D eigenvalue weighted by molar-refractivity contribution is -0.130. The Morgan fingerprint density at radius 3 is 2.37 bits per heavy atom.